The molecule has 0 spiro atoms. The Kier molecular flexibility index (Phi) is 4.26. The summed E-state index contributed by atoms with van der Waals surface area (Å²) < 4.78 is 27.2. The van der Waals surface area contributed by atoms with Gasteiger partial charge in [0.15, 0.2) is 0 Å². The maximum Gasteiger partial charge on any atom is 0.241 e. The Balaban J connectivity index is 2.23. The second-order valence-electron chi connectivity index (χ2n) is 4.66. The largest absolute Gasteiger partial charge is 0.399 e. The summed E-state index contributed by atoms with van der Waals surface area (Å²) in [6.07, 6.45) is 0. The number of rotatable bonds is 4. The van der Waals surface area contributed by atoms with E-state index in [0.717, 1.165) is 5.56 Å². The van der Waals surface area contributed by atoms with Crippen molar-refractivity contribution in [1.82, 2.24) is 4.72 Å². The molecule has 0 atom stereocenters. The first-order valence-electron chi connectivity index (χ1n) is 6.27. The summed E-state index contributed by atoms with van der Waals surface area (Å²) in [6.45, 7) is 1.86. The molecule has 2 rings (SSSR count). The third-order valence-corrected chi connectivity index (χ3v) is 4.60. The molecule has 0 aliphatic heterocycles. The van der Waals surface area contributed by atoms with Gasteiger partial charge in [-0.05, 0) is 42.3 Å². The predicted octanol–water partition coefficient (Wildman–Crippen LogP) is 1.93. The van der Waals surface area contributed by atoms with Crippen molar-refractivity contribution in [2.24, 2.45) is 0 Å². The quantitative estimate of drug-likeness (QED) is 0.843. The first-order valence-corrected chi connectivity index (χ1v) is 7.75. The topological polar surface area (TPSA) is 96.0 Å². The first-order chi connectivity index (χ1) is 9.92. The second-order valence-corrected chi connectivity index (χ2v) is 6.39. The van der Waals surface area contributed by atoms with Crippen LogP contribution >= 0.6 is 0 Å². The molecule has 2 aromatic rings. The maximum absolute atomic E-state index is 12.3. The van der Waals surface area contributed by atoms with Gasteiger partial charge in [0.1, 0.15) is 0 Å². The number of nitriles is 1. The van der Waals surface area contributed by atoms with Gasteiger partial charge >= 0.3 is 0 Å². The normalized spacial score (nSPS) is 11.0. The molecule has 108 valence electrons. The number of hydrogen-bond donors (Lipinski definition) is 2. The summed E-state index contributed by atoms with van der Waals surface area (Å²) in [6, 6.07) is 13.5. The number of aryl methyl sites for hydroxylation is 1. The standard InChI is InChI=1S/C15H15N3O2S/c1-11-2-3-13(9-16)8-15(11)21(19,20)18-10-12-4-6-14(17)7-5-12/h2-8,18H,10,17H2,1H3. The monoisotopic (exact) mass is 301 g/mol. The number of nitrogens with one attached hydrogen (secondary N) is 1. The van der Waals surface area contributed by atoms with E-state index >= 15 is 0 Å². The lowest BCUT2D eigenvalue weighted by Crippen LogP contribution is -2.24. The van der Waals surface area contributed by atoms with Crippen molar-refractivity contribution in [3.8, 4) is 6.07 Å². The molecule has 5 nitrogen and oxygen atoms in total. The van der Waals surface area contributed by atoms with E-state index in [1.807, 2.05) is 6.07 Å². The van der Waals surface area contributed by atoms with E-state index < -0.39 is 10.0 Å². The second kappa shape index (κ2) is 5.95. The molecule has 0 fully saturated rings. The SMILES string of the molecule is Cc1ccc(C#N)cc1S(=O)(=O)NCc1ccc(N)cc1. The zero-order valence-corrected chi connectivity index (χ0v) is 12.3. The van der Waals surface area contributed by atoms with E-state index in [1.165, 1.54) is 6.07 Å². The first kappa shape index (κ1) is 15.0. The van der Waals surface area contributed by atoms with Crippen LogP contribution in [0.2, 0.25) is 0 Å². The molecule has 2 aromatic carbocycles. The van der Waals surface area contributed by atoms with Gasteiger partial charge in [-0.3, -0.25) is 0 Å². The Morgan fingerprint density at radius 2 is 1.86 bits per heavy atom. The molecule has 0 aliphatic carbocycles. The van der Waals surface area contributed by atoms with Crippen molar-refractivity contribution < 1.29 is 8.42 Å². The zero-order valence-electron chi connectivity index (χ0n) is 11.5. The predicted molar refractivity (Wildman–Crippen MR) is 80.8 cm³/mol. The Labute approximate surface area is 124 Å². The van der Waals surface area contributed by atoms with Gasteiger partial charge in [0, 0.05) is 12.2 Å². The Morgan fingerprint density at radius 3 is 2.48 bits per heavy atom. The minimum atomic E-state index is -3.66. The molecule has 0 bridgehead atoms. The van der Waals surface area contributed by atoms with Crippen LogP contribution in [0.25, 0.3) is 0 Å². The van der Waals surface area contributed by atoms with Gasteiger partial charge in [-0.1, -0.05) is 18.2 Å². The van der Waals surface area contributed by atoms with Gasteiger partial charge < -0.3 is 5.73 Å². The van der Waals surface area contributed by atoms with Gasteiger partial charge in [-0.25, -0.2) is 13.1 Å². The average molecular weight is 301 g/mol. The van der Waals surface area contributed by atoms with Gasteiger partial charge in [0.2, 0.25) is 10.0 Å². The number of benzene rings is 2. The molecule has 0 unspecified atom stereocenters. The molecule has 0 aliphatic rings. The molecular weight excluding hydrogens is 286 g/mol. The summed E-state index contributed by atoms with van der Waals surface area (Å²) in [7, 11) is -3.66. The fraction of sp³-hybridized carbons (Fsp3) is 0.133. The van der Waals surface area contributed by atoms with Crippen molar-refractivity contribution in [2.45, 2.75) is 18.4 Å². The molecule has 0 saturated heterocycles. The van der Waals surface area contributed by atoms with Crippen LogP contribution in [-0.4, -0.2) is 8.42 Å². The number of nitrogens with two attached hydrogens (primary N) is 1. The highest BCUT2D eigenvalue weighted by molar-refractivity contribution is 7.89. The number of nitrogens with zero attached hydrogens (tertiary/aromatic N) is 1. The van der Waals surface area contributed by atoms with E-state index in [0.29, 0.717) is 16.8 Å². The molecule has 21 heavy (non-hydrogen) atoms. The summed E-state index contributed by atoms with van der Waals surface area (Å²) in [5.74, 6) is 0. The maximum atomic E-state index is 12.3. The molecule has 6 heteroatoms. The summed E-state index contributed by atoms with van der Waals surface area (Å²) >= 11 is 0. The Morgan fingerprint density at radius 1 is 1.19 bits per heavy atom. The lowest BCUT2D eigenvalue weighted by atomic mass is 10.2. The fourth-order valence-corrected chi connectivity index (χ4v) is 3.14. The highest BCUT2D eigenvalue weighted by atomic mass is 32.2. The van der Waals surface area contributed by atoms with Crippen LogP contribution in [0, 0.1) is 18.3 Å². The van der Waals surface area contributed by atoms with Crippen LogP contribution in [0.1, 0.15) is 16.7 Å². The van der Waals surface area contributed by atoms with Crippen LogP contribution in [0.15, 0.2) is 47.4 Å². The number of anilines is 1. The van der Waals surface area contributed by atoms with Crippen LogP contribution < -0.4 is 10.5 Å². The van der Waals surface area contributed by atoms with E-state index in [-0.39, 0.29) is 11.4 Å². The summed E-state index contributed by atoms with van der Waals surface area (Å²) in [5, 5.41) is 8.88. The summed E-state index contributed by atoms with van der Waals surface area (Å²) in [5.41, 5.74) is 7.92. The van der Waals surface area contributed by atoms with E-state index in [9.17, 15) is 8.42 Å². The third-order valence-electron chi connectivity index (χ3n) is 3.05. The average Bonchev–Trinajstić information content (AvgIpc) is 2.47. The van der Waals surface area contributed by atoms with E-state index in [2.05, 4.69) is 4.72 Å². The van der Waals surface area contributed by atoms with Crippen LogP contribution in [0.4, 0.5) is 5.69 Å². The van der Waals surface area contributed by atoms with Gasteiger partial charge in [0.05, 0.1) is 16.5 Å². The van der Waals surface area contributed by atoms with Gasteiger partial charge in [-0.15, -0.1) is 0 Å². The van der Waals surface area contributed by atoms with Crippen molar-refractivity contribution in [1.29, 1.82) is 5.26 Å². The molecule has 0 radical (unpaired) electrons. The molecule has 0 amide bonds. The molecule has 0 aromatic heterocycles. The highest BCUT2D eigenvalue weighted by Gasteiger charge is 2.17. The Bertz CT molecular complexity index is 791. The minimum absolute atomic E-state index is 0.122. The van der Waals surface area contributed by atoms with E-state index in [4.69, 9.17) is 11.0 Å². The van der Waals surface area contributed by atoms with Gasteiger partial charge in [-0.2, -0.15) is 5.26 Å². The zero-order chi connectivity index (χ0) is 15.5. The minimum Gasteiger partial charge on any atom is -0.399 e. The smallest absolute Gasteiger partial charge is 0.241 e. The van der Waals surface area contributed by atoms with E-state index in [1.54, 1.807) is 43.3 Å². The third kappa shape index (κ3) is 3.60. The van der Waals surface area contributed by atoms with Crippen LogP contribution in [-0.2, 0) is 16.6 Å². The lowest BCUT2D eigenvalue weighted by Gasteiger charge is -2.10. The highest BCUT2D eigenvalue weighted by Crippen LogP contribution is 2.17. The molecule has 3 N–H and O–H groups in total. The number of sulfonamides is 1. The Hall–Kier alpha value is -2.36. The van der Waals surface area contributed by atoms with Crippen molar-refractivity contribution in [3.63, 3.8) is 0 Å². The number of hydrogen-bond acceptors (Lipinski definition) is 4. The fourth-order valence-electron chi connectivity index (χ4n) is 1.85. The van der Waals surface area contributed by atoms with Crippen LogP contribution in [0.3, 0.4) is 0 Å². The molecule has 0 saturated carbocycles. The summed E-state index contributed by atoms with van der Waals surface area (Å²) in [4.78, 5) is 0.122. The van der Waals surface area contributed by atoms with Crippen molar-refractivity contribution >= 4 is 15.7 Å². The van der Waals surface area contributed by atoms with Crippen molar-refractivity contribution in [2.75, 3.05) is 5.73 Å². The molecule has 0 heterocycles. The molecular formula is C15H15N3O2S. The number of nitrogen functional groups attached to an aromatic ring is 1. The van der Waals surface area contributed by atoms with Crippen molar-refractivity contribution in [3.05, 3.63) is 59.2 Å². The van der Waals surface area contributed by atoms with Crippen LogP contribution in [0.5, 0.6) is 0 Å². The van der Waals surface area contributed by atoms with Gasteiger partial charge in [0.25, 0.3) is 0 Å². The lowest BCUT2D eigenvalue weighted by molar-refractivity contribution is 0.580.